The fraction of sp³-hybridized carbons (Fsp3) is 0.286. The average molecular weight is 177 g/mol. The zero-order valence-electron chi connectivity index (χ0n) is 7.57. The van der Waals surface area contributed by atoms with E-state index in [0.29, 0.717) is 5.37 Å². The third-order valence-corrected chi connectivity index (χ3v) is 2.76. The van der Waals surface area contributed by atoms with Gasteiger partial charge in [0.05, 0.1) is 0 Å². The maximum Gasteiger partial charge on any atom is 1.00 e. The summed E-state index contributed by atoms with van der Waals surface area (Å²) >= 11 is 1.68. The Bertz CT molecular complexity index is 254. The van der Waals surface area contributed by atoms with Crippen molar-refractivity contribution in [2.45, 2.75) is 12.3 Å². The molecule has 0 aliphatic carbocycles. The van der Waals surface area contributed by atoms with Gasteiger partial charge >= 0.3 is 29.6 Å². The van der Waals surface area contributed by atoms with Crippen LogP contribution in [0.2, 0.25) is 0 Å². The van der Waals surface area contributed by atoms with Gasteiger partial charge in [0, 0.05) is 11.8 Å². The van der Waals surface area contributed by atoms with Gasteiger partial charge in [0.1, 0.15) is 5.37 Å². The van der Waals surface area contributed by atoms with Gasteiger partial charge in [-0.2, -0.15) is 0 Å². The molecule has 0 unspecified atom stereocenters. The Kier molecular flexibility index (Phi) is 2.86. The number of rotatable bonds is 0. The molecule has 2 heterocycles. The molecular weight excluding hydrogens is 169 g/mol. The van der Waals surface area contributed by atoms with Crippen molar-refractivity contribution in [2.75, 3.05) is 0 Å². The first-order valence-corrected chi connectivity index (χ1v) is 4.10. The van der Waals surface area contributed by atoms with E-state index >= 15 is 0 Å². The maximum atomic E-state index is 11.1. The van der Waals surface area contributed by atoms with Crippen molar-refractivity contribution in [3.05, 3.63) is 23.3 Å². The van der Waals surface area contributed by atoms with Gasteiger partial charge in [-0.25, -0.2) is 0 Å². The fourth-order valence-electron chi connectivity index (χ4n) is 1.17. The number of fused-ring (bicyclic) bond motifs is 1. The molecule has 2 aliphatic rings. The Balaban J connectivity index is 0.000000605. The number of hydrogen-bond donors (Lipinski definition) is 0. The van der Waals surface area contributed by atoms with Crippen LogP contribution in [0.15, 0.2) is 23.3 Å². The van der Waals surface area contributed by atoms with Crippen LogP contribution in [0.3, 0.4) is 0 Å². The summed E-state index contributed by atoms with van der Waals surface area (Å²) in [4.78, 5) is 12.8. The number of carbonyl (C=O) groups is 1. The molecule has 1 saturated heterocycles. The van der Waals surface area contributed by atoms with Crippen molar-refractivity contribution in [1.82, 2.24) is 4.90 Å². The van der Waals surface area contributed by atoms with Crippen molar-refractivity contribution < 1.29 is 35.8 Å². The Labute approximate surface area is 93.5 Å². The quantitative estimate of drug-likeness (QED) is 0.253. The van der Waals surface area contributed by atoms with Crippen molar-refractivity contribution in [3.8, 4) is 0 Å². The summed E-state index contributed by atoms with van der Waals surface area (Å²) in [5, 5.41) is 2.26. The molecule has 0 spiro atoms. The molecule has 0 radical (unpaired) electrons. The summed E-state index contributed by atoms with van der Waals surface area (Å²) < 4.78 is 0. The van der Waals surface area contributed by atoms with Gasteiger partial charge in [-0.1, -0.05) is 6.08 Å². The molecule has 11 heavy (non-hydrogen) atoms. The molecule has 4 heteroatoms. The van der Waals surface area contributed by atoms with Crippen LogP contribution >= 0.6 is 11.8 Å². The van der Waals surface area contributed by atoms with E-state index in [4.69, 9.17) is 0 Å². The van der Waals surface area contributed by atoms with E-state index in [2.05, 4.69) is 0 Å². The molecule has 0 bridgehead atoms. The number of hydrogen-bond acceptors (Lipinski definition) is 2. The Morgan fingerprint density at radius 1 is 1.82 bits per heavy atom. The second-order valence-electron chi connectivity index (χ2n) is 2.23. The molecule has 0 aromatic rings. The first kappa shape index (κ1) is 9.39. The normalized spacial score (nSPS) is 29.9. The van der Waals surface area contributed by atoms with E-state index in [0.717, 1.165) is 5.57 Å². The van der Waals surface area contributed by atoms with Gasteiger partial charge in [0.15, 0.2) is 0 Å². The topological polar surface area (TPSA) is 20.3 Å². The van der Waals surface area contributed by atoms with Crippen LogP contribution in [-0.4, -0.2) is 16.2 Å². The minimum atomic E-state index is 0. The molecule has 2 aliphatic heterocycles. The Morgan fingerprint density at radius 2 is 2.55 bits per heavy atom. The van der Waals surface area contributed by atoms with E-state index in [1.54, 1.807) is 16.7 Å². The number of β-lactam (4-membered cyclic amide) rings is 1. The van der Waals surface area contributed by atoms with Crippen molar-refractivity contribution in [2.24, 2.45) is 0 Å². The van der Waals surface area contributed by atoms with Gasteiger partial charge in [-0.05, 0) is 12.3 Å². The third-order valence-electron chi connectivity index (χ3n) is 1.74. The monoisotopic (exact) mass is 177 g/mol. The largest absolute Gasteiger partial charge is 1.00 e. The van der Waals surface area contributed by atoms with E-state index in [-0.39, 0.29) is 36.9 Å². The van der Waals surface area contributed by atoms with E-state index in [1.165, 1.54) is 0 Å². The molecule has 2 nitrogen and oxygen atoms in total. The average Bonchev–Trinajstić information content (AvgIpc) is 2.33. The van der Waals surface area contributed by atoms with Crippen molar-refractivity contribution in [3.63, 3.8) is 0 Å². The van der Waals surface area contributed by atoms with Gasteiger partial charge in [-0.15, -0.1) is 11.8 Å². The summed E-state index contributed by atoms with van der Waals surface area (Å²) in [6.07, 6.45) is 3.73. The van der Waals surface area contributed by atoms with Crippen LogP contribution in [-0.2, 0) is 4.79 Å². The molecule has 0 N–H and O–H groups in total. The summed E-state index contributed by atoms with van der Waals surface area (Å²) in [5.74, 6) is 0.161. The van der Waals surface area contributed by atoms with Gasteiger partial charge in [0.2, 0.25) is 0 Å². The predicted molar refractivity (Wildman–Crippen MR) is 42.2 cm³/mol. The Morgan fingerprint density at radius 3 is 3.18 bits per heavy atom. The number of allylic oxidation sites excluding steroid dienone is 1. The fourth-order valence-corrected chi connectivity index (χ4v) is 2.20. The van der Waals surface area contributed by atoms with Crippen LogP contribution in [0.25, 0.3) is 0 Å². The van der Waals surface area contributed by atoms with Crippen LogP contribution in [0.1, 0.15) is 8.35 Å². The minimum absolute atomic E-state index is 0. The number of nitrogens with zero attached hydrogens (tertiary/aromatic N) is 1. The predicted octanol–water partition coefficient (Wildman–Crippen LogP) is -1.56. The van der Waals surface area contributed by atoms with E-state index in [1.807, 2.05) is 24.6 Å². The van der Waals surface area contributed by atoms with Gasteiger partial charge in [-0.3, -0.25) is 9.69 Å². The molecule has 1 amide bonds. The summed E-state index contributed by atoms with van der Waals surface area (Å²) in [5.41, 5.74) is 0.940. The van der Waals surface area contributed by atoms with Crippen molar-refractivity contribution >= 4 is 17.7 Å². The van der Waals surface area contributed by atoms with Crippen LogP contribution < -0.4 is 29.6 Å². The summed E-state index contributed by atoms with van der Waals surface area (Å²) in [6.45, 7) is 1.91. The Hall–Kier alpha value is 0.300. The zero-order chi connectivity index (χ0) is 7.14. The molecule has 0 saturated carbocycles. The minimum Gasteiger partial charge on any atom is -1.00 e. The molecule has 2 rings (SSSR count). The van der Waals surface area contributed by atoms with E-state index in [9.17, 15) is 4.79 Å². The molecule has 0 aromatic heterocycles. The molecule has 54 valence electrons. The first-order valence-electron chi connectivity index (χ1n) is 3.15. The van der Waals surface area contributed by atoms with Crippen LogP contribution in [0.4, 0.5) is 0 Å². The molecule has 1 atom stereocenters. The van der Waals surface area contributed by atoms with Crippen LogP contribution in [0.5, 0.6) is 0 Å². The first-order chi connectivity index (χ1) is 4.84. The number of carbonyl (C=O) groups excluding carboxylic acids is 1. The smallest absolute Gasteiger partial charge is 1.00 e. The van der Waals surface area contributed by atoms with Crippen molar-refractivity contribution in [1.29, 1.82) is 0 Å². The molecule has 0 aromatic carbocycles. The summed E-state index contributed by atoms with van der Waals surface area (Å²) in [6, 6.07) is 0. The molecular formula is C7H8NNaOS. The van der Waals surface area contributed by atoms with Gasteiger partial charge < -0.3 is 1.43 Å². The number of amides is 1. The standard InChI is InChI=1S/C7H7NOS.Na.H/c1-2-5-6(9)8-3-4-10-7(5)8;;/h2-4,7H,1H3;;/q;+1;-1/t7-;;/m1../s1. The summed E-state index contributed by atoms with van der Waals surface area (Å²) in [7, 11) is 0. The zero-order valence-corrected chi connectivity index (χ0v) is 9.39. The second-order valence-corrected chi connectivity index (χ2v) is 3.22. The van der Waals surface area contributed by atoms with Crippen LogP contribution in [0, 0.1) is 0 Å². The molecule has 1 fully saturated rings. The SMILES string of the molecule is CC=C1C(=O)N2C=CS[C@H]12.[H-].[Na+]. The van der Waals surface area contributed by atoms with E-state index < -0.39 is 0 Å². The number of thioether (sulfide) groups is 1. The maximum absolute atomic E-state index is 11.1. The third kappa shape index (κ3) is 1.20. The second kappa shape index (κ2) is 3.35. The van der Waals surface area contributed by atoms with Gasteiger partial charge in [0.25, 0.3) is 5.91 Å².